The molecule has 1 aliphatic heterocycles. The van der Waals surface area contributed by atoms with Crippen molar-refractivity contribution >= 4 is 11.8 Å². The van der Waals surface area contributed by atoms with Crippen LogP contribution in [0.15, 0.2) is 24.3 Å². The van der Waals surface area contributed by atoms with Crippen LogP contribution in [0, 0.1) is 0 Å². The average Bonchev–Trinajstić information content (AvgIpc) is 2.61. The van der Waals surface area contributed by atoms with E-state index in [0.717, 1.165) is 6.42 Å². The Morgan fingerprint density at radius 1 is 1.04 bits per heavy atom. The predicted molar refractivity (Wildman–Crippen MR) is 92.7 cm³/mol. The van der Waals surface area contributed by atoms with Crippen molar-refractivity contribution in [2.24, 2.45) is 5.73 Å². The number of benzene rings is 1. The SMILES string of the molecule is CCc1ccc(OC(C)C(=O)N2CCN(C(=O)[C@@H](C)N)CC2)cc1. The molecule has 1 unspecified atom stereocenters. The van der Waals surface area contributed by atoms with Gasteiger partial charge in [0.25, 0.3) is 5.91 Å². The molecule has 24 heavy (non-hydrogen) atoms. The predicted octanol–water partition coefficient (Wildman–Crippen LogP) is 1.03. The molecule has 0 saturated carbocycles. The van der Waals surface area contributed by atoms with Crippen molar-refractivity contribution < 1.29 is 14.3 Å². The summed E-state index contributed by atoms with van der Waals surface area (Å²) in [4.78, 5) is 27.8. The van der Waals surface area contributed by atoms with Crippen LogP contribution < -0.4 is 10.5 Å². The number of hydrogen-bond donors (Lipinski definition) is 1. The van der Waals surface area contributed by atoms with Crippen molar-refractivity contribution in [2.75, 3.05) is 26.2 Å². The van der Waals surface area contributed by atoms with E-state index < -0.39 is 12.1 Å². The number of nitrogens with zero attached hydrogens (tertiary/aromatic N) is 2. The molecule has 0 bridgehead atoms. The Morgan fingerprint density at radius 3 is 2.00 bits per heavy atom. The first-order chi connectivity index (χ1) is 11.4. The van der Waals surface area contributed by atoms with Crippen molar-refractivity contribution in [2.45, 2.75) is 39.3 Å². The minimum atomic E-state index is -0.548. The van der Waals surface area contributed by atoms with Gasteiger partial charge in [-0.2, -0.15) is 0 Å². The number of rotatable bonds is 5. The summed E-state index contributed by atoms with van der Waals surface area (Å²) in [5.74, 6) is 0.573. The molecule has 0 aliphatic carbocycles. The standard InChI is InChI=1S/C18H27N3O3/c1-4-15-5-7-16(8-6-15)24-14(3)18(23)21-11-9-20(10-12-21)17(22)13(2)19/h5-8,13-14H,4,9-12,19H2,1-3H3/t13-,14?/m1/s1. The normalized spacial score (nSPS) is 17.3. The van der Waals surface area contributed by atoms with Crippen LogP contribution in [0.25, 0.3) is 0 Å². The van der Waals surface area contributed by atoms with Crippen LogP contribution in [0.2, 0.25) is 0 Å². The number of amides is 2. The highest BCUT2D eigenvalue weighted by molar-refractivity contribution is 5.83. The first-order valence-corrected chi connectivity index (χ1v) is 8.51. The van der Waals surface area contributed by atoms with E-state index in [4.69, 9.17) is 10.5 Å². The van der Waals surface area contributed by atoms with Crippen LogP contribution in [-0.4, -0.2) is 59.9 Å². The molecular formula is C18H27N3O3. The van der Waals surface area contributed by atoms with Gasteiger partial charge in [0.2, 0.25) is 5.91 Å². The molecule has 1 aromatic rings. The van der Waals surface area contributed by atoms with Crippen LogP contribution in [0.3, 0.4) is 0 Å². The largest absolute Gasteiger partial charge is 0.481 e. The van der Waals surface area contributed by atoms with Crippen LogP contribution in [0.4, 0.5) is 0 Å². The zero-order chi connectivity index (χ0) is 17.7. The van der Waals surface area contributed by atoms with Crippen LogP contribution in [-0.2, 0) is 16.0 Å². The van der Waals surface area contributed by atoms with Gasteiger partial charge in [0.15, 0.2) is 6.10 Å². The zero-order valence-electron chi connectivity index (χ0n) is 14.7. The number of ether oxygens (including phenoxy) is 1. The number of nitrogens with two attached hydrogens (primary N) is 1. The number of carbonyl (C=O) groups is 2. The monoisotopic (exact) mass is 333 g/mol. The van der Waals surface area contributed by atoms with Crippen LogP contribution >= 0.6 is 0 Å². The molecule has 2 N–H and O–H groups in total. The van der Waals surface area contributed by atoms with E-state index in [1.807, 2.05) is 24.3 Å². The third kappa shape index (κ3) is 4.47. The molecule has 1 heterocycles. The lowest BCUT2D eigenvalue weighted by atomic mass is 10.2. The molecule has 1 saturated heterocycles. The van der Waals surface area contributed by atoms with Gasteiger partial charge in [-0.25, -0.2) is 0 Å². The molecular weight excluding hydrogens is 306 g/mol. The summed E-state index contributed by atoms with van der Waals surface area (Å²) >= 11 is 0. The quantitative estimate of drug-likeness (QED) is 0.873. The van der Waals surface area contributed by atoms with Crippen molar-refractivity contribution in [3.05, 3.63) is 29.8 Å². The first kappa shape index (κ1) is 18.3. The Kier molecular flexibility index (Phi) is 6.20. The lowest BCUT2D eigenvalue weighted by Crippen LogP contribution is -2.55. The van der Waals surface area contributed by atoms with Gasteiger partial charge in [0.1, 0.15) is 5.75 Å². The molecule has 2 amide bonds. The van der Waals surface area contributed by atoms with Gasteiger partial charge in [0, 0.05) is 26.2 Å². The lowest BCUT2D eigenvalue weighted by Gasteiger charge is -2.36. The number of aryl methyl sites for hydroxylation is 1. The molecule has 1 aliphatic rings. The van der Waals surface area contributed by atoms with Crippen molar-refractivity contribution in [1.29, 1.82) is 0 Å². The van der Waals surface area contributed by atoms with E-state index in [9.17, 15) is 9.59 Å². The number of hydrogen-bond acceptors (Lipinski definition) is 4. The Hall–Kier alpha value is -2.08. The molecule has 1 fully saturated rings. The van der Waals surface area contributed by atoms with Crippen LogP contribution in [0.5, 0.6) is 5.75 Å². The van der Waals surface area contributed by atoms with Gasteiger partial charge in [0.05, 0.1) is 6.04 Å². The van der Waals surface area contributed by atoms with Crippen molar-refractivity contribution in [3.8, 4) is 5.75 Å². The second kappa shape index (κ2) is 8.15. The summed E-state index contributed by atoms with van der Waals surface area (Å²) in [6, 6.07) is 7.29. The fourth-order valence-corrected chi connectivity index (χ4v) is 2.75. The van der Waals surface area contributed by atoms with E-state index in [0.29, 0.717) is 31.9 Å². The highest BCUT2D eigenvalue weighted by Gasteiger charge is 2.28. The molecule has 132 valence electrons. The molecule has 0 radical (unpaired) electrons. The van der Waals surface area contributed by atoms with E-state index in [-0.39, 0.29) is 11.8 Å². The summed E-state index contributed by atoms with van der Waals surface area (Å²) in [6.07, 6.45) is 0.423. The van der Waals surface area contributed by atoms with Gasteiger partial charge in [-0.15, -0.1) is 0 Å². The second-order valence-electron chi connectivity index (χ2n) is 6.20. The van der Waals surface area contributed by atoms with Gasteiger partial charge in [-0.3, -0.25) is 9.59 Å². The lowest BCUT2D eigenvalue weighted by molar-refractivity contribution is -0.144. The molecule has 0 aromatic heterocycles. The molecule has 2 rings (SSSR count). The Morgan fingerprint density at radius 2 is 1.54 bits per heavy atom. The van der Waals surface area contributed by atoms with Gasteiger partial charge >= 0.3 is 0 Å². The molecule has 6 heteroatoms. The number of piperazine rings is 1. The minimum Gasteiger partial charge on any atom is -0.481 e. The highest BCUT2D eigenvalue weighted by Crippen LogP contribution is 2.15. The highest BCUT2D eigenvalue weighted by atomic mass is 16.5. The van der Waals surface area contributed by atoms with Crippen molar-refractivity contribution in [3.63, 3.8) is 0 Å². The molecule has 0 spiro atoms. The van der Waals surface area contributed by atoms with Gasteiger partial charge in [-0.05, 0) is 38.0 Å². The average molecular weight is 333 g/mol. The summed E-state index contributed by atoms with van der Waals surface area (Å²) in [7, 11) is 0. The maximum Gasteiger partial charge on any atom is 0.263 e. The maximum absolute atomic E-state index is 12.5. The fourth-order valence-electron chi connectivity index (χ4n) is 2.75. The smallest absolute Gasteiger partial charge is 0.263 e. The van der Waals surface area contributed by atoms with E-state index in [1.54, 1.807) is 23.6 Å². The Balaban J connectivity index is 1.86. The van der Waals surface area contributed by atoms with Crippen molar-refractivity contribution in [1.82, 2.24) is 9.80 Å². The van der Waals surface area contributed by atoms with E-state index >= 15 is 0 Å². The Bertz CT molecular complexity index is 563. The fraction of sp³-hybridized carbons (Fsp3) is 0.556. The topological polar surface area (TPSA) is 75.9 Å². The van der Waals surface area contributed by atoms with Gasteiger partial charge < -0.3 is 20.3 Å². The zero-order valence-corrected chi connectivity index (χ0v) is 14.7. The number of carbonyl (C=O) groups excluding carboxylic acids is 2. The minimum absolute atomic E-state index is 0.0533. The van der Waals surface area contributed by atoms with Crippen LogP contribution in [0.1, 0.15) is 26.3 Å². The maximum atomic E-state index is 12.5. The van der Waals surface area contributed by atoms with E-state index in [2.05, 4.69) is 6.92 Å². The Labute approximate surface area is 143 Å². The first-order valence-electron chi connectivity index (χ1n) is 8.51. The summed E-state index contributed by atoms with van der Waals surface area (Å²) in [6.45, 7) is 7.60. The second-order valence-corrected chi connectivity index (χ2v) is 6.20. The molecule has 6 nitrogen and oxygen atoms in total. The molecule has 1 aromatic carbocycles. The van der Waals surface area contributed by atoms with E-state index in [1.165, 1.54) is 5.56 Å². The summed E-state index contributed by atoms with van der Waals surface area (Å²) in [5.41, 5.74) is 6.86. The summed E-state index contributed by atoms with van der Waals surface area (Å²) in [5, 5.41) is 0. The third-order valence-electron chi connectivity index (χ3n) is 4.28. The van der Waals surface area contributed by atoms with Gasteiger partial charge in [-0.1, -0.05) is 19.1 Å². The summed E-state index contributed by atoms with van der Waals surface area (Å²) < 4.78 is 5.75. The third-order valence-corrected chi connectivity index (χ3v) is 4.28. The molecule has 2 atom stereocenters.